The number of ketones is 4. The van der Waals surface area contributed by atoms with Crippen LogP contribution in [0.3, 0.4) is 0 Å². The molecule has 1 aromatic rings. The summed E-state index contributed by atoms with van der Waals surface area (Å²) in [4.78, 5) is 97.2. The molecule has 1 aliphatic rings. The zero-order valence-corrected chi connectivity index (χ0v) is 33.8. The third-order valence-corrected chi connectivity index (χ3v) is 11.2. The topological polar surface area (TPSA) is 372 Å². The first-order chi connectivity index (χ1) is 27.3. The van der Waals surface area contributed by atoms with Crippen molar-refractivity contribution in [2.75, 3.05) is 13.2 Å². The molecule has 1 fully saturated rings. The first-order valence-corrected chi connectivity index (χ1v) is 20.1. The molecule has 1 aromatic carbocycles. The number of guanidine groups is 1. The molecule has 0 bridgehead atoms. The number of Topliss-reactive ketones (excluding diaryl/α,β-unsaturated/α-hetero) is 4. The number of aliphatic imine (C=N–C) groups is 1. The number of hydrogen-bond acceptors (Lipinski definition) is 13. The molecule has 2 rings (SSSR count). The predicted octanol–water partition coefficient (Wildman–Crippen LogP) is -1.81. The van der Waals surface area contributed by atoms with E-state index in [1.807, 2.05) is 0 Å². The number of hydrogen-bond donors (Lipinski definition) is 10. The fraction of sp³-hybridized carbons (Fsp3) is 0.650. The lowest BCUT2D eigenvalue weighted by Gasteiger charge is -2.33. The van der Waals surface area contributed by atoms with E-state index >= 15 is 0 Å². The van der Waals surface area contributed by atoms with Crippen LogP contribution in [0.4, 0.5) is 0 Å². The SMILES string of the molecule is CC(C)[C@H](C(=O)N[C@@H](CCC(N)=O)C(N)=O)C(N)C(=O)[C@H](CO)C(N)C(=O)[C@@H](CCCN=C(N)N)C(N)C(=O)[C@@H](Cc1ccccc1)C(N)C(=O)CC1CCCCC1. The van der Waals surface area contributed by atoms with Gasteiger partial charge in [-0.05, 0) is 43.1 Å². The van der Waals surface area contributed by atoms with Crippen molar-refractivity contribution in [2.45, 2.75) is 115 Å². The summed E-state index contributed by atoms with van der Waals surface area (Å²) in [7, 11) is 0. The quantitative estimate of drug-likeness (QED) is 0.0266. The Bertz CT molecular complexity index is 1580. The van der Waals surface area contributed by atoms with Crippen molar-refractivity contribution in [2.24, 2.45) is 86.4 Å². The summed E-state index contributed by atoms with van der Waals surface area (Å²) in [6, 6.07) is 1.48. The average Bonchev–Trinajstić information content (AvgIpc) is 3.18. The van der Waals surface area contributed by atoms with Crippen LogP contribution in [0.25, 0.3) is 0 Å². The minimum atomic E-state index is -1.76. The Balaban J connectivity index is 2.45. The maximum absolute atomic E-state index is 14.5. The Kier molecular flexibility index (Phi) is 20.8. The molecule has 0 aromatic heterocycles. The first kappa shape index (κ1) is 49.5. The Hall–Kier alpha value is -4.62. The number of aliphatic hydroxyl groups is 1. The highest BCUT2D eigenvalue weighted by Crippen LogP contribution is 2.29. The van der Waals surface area contributed by atoms with Crippen LogP contribution < -0.4 is 51.2 Å². The van der Waals surface area contributed by atoms with Crippen LogP contribution in [0, 0.1) is 35.5 Å². The van der Waals surface area contributed by atoms with Gasteiger partial charge in [0.05, 0.1) is 42.6 Å². The first-order valence-electron chi connectivity index (χ1n) is 20.1. The number of amides is 3. The fourth-order valence-electron chi connectivity index (χ4n) is 7.74. The lowest BCUT2D eigenvalue weighted by atomic mass is 9.74. The van der Waals surface area contributed by atoms with Crippen LogP contribution in [-0.2, 0) is 40.0 Å². The third kappa shape index (κ3) is 15.0. The van der Waals surface area contributed by atoms with Gasteiger partial charge < -0.3 is 56.3 Å². The van der Waals surface area contributed by atoms with E-state index in [4.69, 9.17) is 45.9 Å². The zero-order chi connectivity index (χ0) is 43.7. The van der Waals surface area contributed by atoms with Gasteiger partial charge in [-0.25, -0.2) is 0 Å². The highest BCUT2D eigenvalue weighted by molar-refractivity contribution is 6.02. The Labute approximate surface area is 340 Å². The lowest BCUT2D eigenvalue weighted by molar-refractivity contribution is -0.139. The summed E-state index contributed by atoms with van der Waals surface area (Å²) in [5.74, 6) is -11.3. The van der Waals surface area contributed by atoms with Crippen LogP contribution in [-0.4, -0.2) is 95.3 Å². The van der Waals surface area contributed by atoms with Gasteiger partial charge in [0.25, 0.3) is 0 Å². The van der Waals surface area contributed by atoms with Crippen LogP contribution >= 0.6 is 0 Å². The average molecular weight is 815 g/mol. The molecule has 3 amide bonds. The molecular weight excluding hydrogens is 749 g/mol. The van der Waals surface area contributed by atoms with E-state index in [0.29, 0.717) is 0 Å². The molecule has 0 spiro atoms. The Morgan fingerprint density at radius 3 is 1.86 bits per heavy atom. The van der Waals surface area contributed by atoms with E-state index in [-0.39, 0.29) is 62.7 Å². The smallest absolute Gasteiger partial charge is 0.240 e. The number of carbonyl (C=O) groups is 7. The number of carbonyl (C=O) groups excluding carboxylic acids is 7. The summed E-state index contributed by atoms with van der Waals surface area (Å²) < 4.78 is 0. The predicted molar refractivity (Wildman–Crippen MR) is 219 cm³/mol. The molecule has 1 saturated carbocycles. The molecule has 324 valence electrons. The van der Waals surface area contributed by atoms with Crippen molar-refractivity contribution in [3.8, 4) is 0 Å². The molecule has 4 unspecified atom stereocenters. The zero-order valence-electron chi connectivity index (χ0n) is 33.8. The van der Waals surface area contributed by atoms with E-state index in [0.717, 1.165) is 37.7 Å². The Morgan fingerprint density at radius 1 is 0.759 bits per heavy atom. The molecule has 18 N–H and O–H groups in total. The normalized spacial score (nSPS) is 18.0. The van der Waals surface area contributed by atoms with E-state index in [2.05, 4.69) is 10.3 Å². The molecule has 18 heteroatoms. The maximum Gasteiger partial charge on any atom is 0.240 e. The summed E-state index contributed by atoms with van der Waals surface area (Å²) in [5, 5.41) is 12.9. The number of nitrogens with zero attached hydrogens (tertiary/aromatic N) is 1. The van der Waals surface area contributed by atoms with Crippen molar-refractivity contribution in [1.29, 1.82) is 0 Å². The van der Waals surface area contributed by atoms with Crippen LogP contribution in [0.5, 0.6) is 0 Å². The monoisotopic (exact) mass is 815 g/mol. The summed E-state index contributed by atoms with van der Waals surface area (Å²) in [6.07, 6.45) is 4.80. The van der Waals surface area contributed by atoms with Gasteiger partial charge in [-0.15, -0.1) is 0 Å². The maximum atomic E-state index is 14.5. The van der Waals surface area contributed by atoms with Gasteiger partial charge in [0.2, 0.25) is 17.7 Å². The molecule has 9 atom stereocenters. The summed E-state index contributed by atoms with van der Waals surface area (Å²) in [5.41, 5.74) is 48.4. The van der Waals surface area contributed by atoms with Crippen LogP contribution in [0.15, 0.2) is 35.3 Å². The lowest BCUT2D eigenvalue weighted by Crippen LogP contribution is -2.59. The molecule has 0 heterocycles. The van der Waals surface area contributed by atoms with E-state index in [1.165, 1.54) is 0 Å². The molecule has 0 radical (unpaired) electrons. The van der Waals surface area contributed by atoms with Crippen molar-refractivity contribution in [1.82, 2.24) is 5.32 Å². The van der Waals surface area contributed by atoms with E-state index in [1.54, 1.807) is 44.2 Å². The highest BCUT2D eigenvalue weighted by atomic mass is 16.3. The van der Waals surface area contributed by atoms with Gasteiger partial charge in [0, 0.05) is 31.2 Å². The van der Waals surface area contributed by atoms with Gasteiger partial charge in [-0.1, -0.05) is 76.3 Å². The number of aliphatic hydroxyl groups excluding tert-OH is 1. The van der Waals surface area contributed by atoms with E-state index < -0.39 is 101 Å². The molecule has 0 saturated heterocycles. The van der Waals surface area contributed by atoms with Gasteiger partial charge >= 0.3 is 0 Å². The number of benzene rings is 1. The minimum Gasteiger partial charge on any atom is -0.396 e. The van der Waals surface area contributed by atoms with Crippen LogP contribution in [0.2, 0.25) is 0 Å². The standard InChI is InChI=1S/C40H66N10O8/c1-21(2)30(39(58)50-27(38(46)57)15-16-29(41)53)34(45)37(56)26(20-51)33(44)35(54)24(14-9-17-49-40(47)48)32(43)36(55)25(18-22-10-5-3-6-11-22)31(42)28(52)19-23-12-7-4-8-13-23/h3,5-6,10-11,21,23-27,30-34,51H,4,7-9,12-20,42-45H2,1-2H3,(H2,41,53)(H2,46,57)(H,50,58)(H4,47,48,49)/t24-,25-,26+,27-,30-,31?,32?,33?,34?/m0/s1. The second kappa shape index (κ2) is 24.3. The van der Waals surface area contributed by atoms with Crippen LogP contribution in [0.1, 0.15) is 83.6 Å². The van der Waals surface area contributed by atoms with Crippen molar-refractivity contribution in [3.05, 3.63) is 35.9 Å². The molecule has 1 aliphatic carbocycles. The van der Waals surface area contributed by atoms with Gasteiger partial charge in [0.15, 0.2) is 29.1 Å². The molecule has 58 heavy (non-hydrogen) atoms. The largest absolute Gasteiger partial charge is 0.396 e. The number of nitrogens with two attached hydrogens (primary N) is 8. The van der Waals surface area contributed by atoms with Gasteiger partial charge in [-0.2, -0.15) is 0 Å². The van der Waals surface area contributed by atoms with Crippen molar-refractivity contribution in [3.63, 3.8) is 0 Å². The fourth-order valence-corrected chi connectivity index (χ4v) is 7.74. The summed E-state index contributed by atoms with van der Waals surface area (Å²) in [6.45, 7) is 2.27. The minimum absolute atomic E-state index is 0.0548. The third-order valence-electron chi connectivity index (χ3n) is 11.2. The summed E-state index contributed by atoms with van der Waals surface area (Å²) >= 11 is 0. The van der Waals surface area contributed by atoms with Gasteiger partial charge in [-0.3, -0.25) is 38.6 Å². The second-order valence-electron chi connectivity index (χ2n) is 15.9. The van der Waals surface area contributed by atoms with Crippen molar-refractivity contribution >= 4 is 46.8 Å². The van der Waals surface area contributed by atoms with E-state index in [9.17, 15) is 38.7 Å². The Morgan fingerprint density at radius 2 is 1.33 bits per heavy atom. The van der Waals surface area contributed by atoms with Crippen molar-refractivity contribution < 1.29 is 38.7 Å². The molecule has 18 nitrogen and oxygen atoms in total. The molecule has 0 aliphatic heterocycles. The number of nitrogens with one attached hydrogen (secondary N) is 1. The highest BCUT2D eigenvalue weighted by Gasteiger charge is 2.45. The molecular formula is C40H66N10O8. The van der Waals surface area contributed by atoms with Gasteiger partial charge in [0.1, 0.15) is 6.04 Å². The number of primary amides is 2. The second-order valence-corrected chi connectivity index (χ2v) is 15.9. The number of rotatable bonds is 27.